The Bertz CT molecular complexity index is 567. The summed E-state index contributed by atoms with van der Waals surface area (Å²) in [6, 6.07) is 7.44. The van der Waals surface area contributed by atoms with Crippen molar-refractivity contribution in [2.75, 3.05) is 17.2 Å². The van der Waals surface area contributed by atoms with Crippen LogP contribution in [0.15, 0.2) is 24.3 Å². The maximum atomic E-state index is 12.2. The highest BCUT2D eigenvalue weighted by Crippen LogP contribution is 2.19. The van der Waals surface area contributed by atoms with Crippen LogP contribution in [-0.2, 0) is 0 Å². The van der Waals surface area contributed by atoms with E-state index in [1.807, 2.05) is 25.1 Å². The number of hydrogen-bond acceptors (Lipinski definition) is 5. The molecule has 1 aromatic heterocycles. The standard InChI is InChI=1S/C13H16N4OS/c1-3-8-14-11-7-5-4-6-10(11)12(18)15-13-17-16-9(2)19-13/h4-7,14H,3,8H2,1-2H3,(H,15,17,18). The molecule has 2 rings (SSSR count). The molecule has 0 radical (unpaired) electrons. The summed E-state index contributed by atoms with van der Waals surface area (Å²) in [5, 5.41) is 15.1. The Morgan fingerprint density at radius 1 is 1.32 bits per heavy atom. The molecular formula is C13H16N4OS. The lowest BCUT2D eigenvalue weighted by atomic mass is 10.1. The van der Waals surface area contributed by atoms with E-state index in [-0.39, 0.29) is 5.91 Å². The van der Waals surface area contributed by atoms with E-state index in [2.05, 4.69) is 27.8 Å². The van der Waals surface area contributed by atoms with E-state index in [1.54, 1.807) is 6.07 Å². The van der Waals surface area contributed by atoms with Gasteiger partial charge in [-0.15, -0.1) is 10.2 Å². The molecule has 0 atom stereocenters. The third-order valence-corrected chi connectivity index (χ3v) is 3.24. The minimum Gasteiger partial charge on any atom is -0.384 e. The van der Waals surface area contributed by atoms with Gasteiger partial charge in [0.2, 0.25) is 5.13 Å². The van der Waals surface area contributed by atoms with Gasteiger partial charge in [-0.25, -0.2) is 0 Å². The van der Waals surface area contributed by atoms with Gasteiger partial charge in [0.05, 0.1) is 5.56 Å². The van der Waals surface area contributed by atoms with Gasteiger partial charge in [-0.3, -0.25) is 10.1 Å². The van der Waals surface area contributed by atoms with E-state index < -0.39 is 0 Å². The third kappa shape index (κ3) is 3.51. The Hall–Kier alpha value is -1.95. The predicted molar refractivity (Wildman–Crippen MR) is 77.8 cm³/mol. The smallest absolute Gasteiger partial charge is 0.259 e. The first-order chi connectivity index (χ1) is 9.20. The van der Waals surface area contributed by atoms with Gasteiger partial charge in [0.1, 0.15) is 5.01 Å². The van der Waals surface area contributed by atoms with Crippen molar-refractivity contribution in [3.63, 3.8) is 0 Å². The number of para-hydroxylation sites is 1. The first-order valence-electron chi connectivity index (χ1n) is 6.15. The van der Waals surface area contributed by atoms with Crippen molar-refractivity contribution in [2.24, 2.45) is 0 Å². The molecule has 100 valence electrons. The largest absolute Gasteiger partial charge is 0.384 e. The van der Waals surface area contributed by atoms with Crippen LogP contribution in [0.2, 0.25) is 0 Å². The number of anilines is 2. The molecule has 0 aliphatic carbocycles. The molecule has 19 heavy (non-hydrogen) atoms. The van der Waals surface area contributed by atoms with E-state index in [4.69, 9.17) is 0 Å². The number of aromatic nitrogens is 2. The molecule has 0 saturated carbocycles. The van der Waals surface area contributed by atoms with Crippen LogP contribution in [0.1, 0.15) is 28.7 Å². The Kier molecular flexibility index (Phi) is 4.46. The second-order valence-corrected chi connectivity index (χ2v) is 5.23. The van der Waals surface area contributed by atoms with Crippen LogP contribution in [-0.4, -0.2) is 22.6 Å². The van der Waals surface area contributed by atoms with E-state index in [0.29, 0.717) is 10.7 Å². The number of aryl methyl sites for hydroxylation is 1. The molecule has 0 saturated heterocycles. The summed E-state index contributed by atoms with van der Waals surface area (Å²) in [5.41, 5.74) is 1.45. The average Bonchev–Trinajstić information content (AvgIpc) is 2.82. The number of amides is 1. The van der Waals surface area contributed by atoms with Crippen molar-refractivity contribution in [1.29, 1.82) is 0 Å². The van der Waals surface area contributed by atoms with Crippen LogP contribution in [0.5, 0.6) is 0 Å². The molecule has 1 heterocycles. The molecule has 6 heteroatoms. The molecule has 0 unspecified atom stereocenters. The van der Waals surface area contributed by atoms with Gasteiger partial charge in [0.15, 0.2) is 0 Å². The van der Waals surface area contributed by atoms with Crippen molar-refractivity contribution in [1.82, 2.24) is 10.2 Å². The molecule has 2 N–H and O–H groups in total. The molecule has 0 aliphatic rings. The highest BCUT2D eigenvalue weighted by atomic mass is 32.1. The van der Waals surface area contributed by atoms with Gasteiger partial charge in [0.25, 0.3) is 5.91 Å². The van der Waals surface area contributed by atoms with E-state index in [0.717, 1.165) is 23.7 Å². The molecule has 0 aliphatic heterocycles. The minimum absolute atomic E-state index is 0.171. The zero-order valence-electron chi connectivity index (χ0n) is 10.9. The summed E-state index contributed by atoms with van der Waals surface area (Å²) in [6.07, 6.45) is 1.01. The summed E-state index contributed by atoms with van der Waals surface area (Å²) >= 11 is 1.36. The van der Waals surface area contributed by atoms with Gasteiger partial charge >= 0.3 is 0 Å². The molecule has 1 aromatic carbocycles. The van der Waals surface area contributed by atoms with Crippen LogP contribution in [0, 0.1) is 6.92 Å². The fraction of sp³-hybridized carbons (Fsp3) is 0.308. The van der Waals surface area contributed by atoms with Crippen molar-refractivity contribution in [2.45, 2.75) is 20.3 Å². The van der Waals surface area contributed by atoms with Crippen LogP contribution >= 0.6 is 11.3 Å². The van der Waals surface area contributed by atoms with Crippen LogP contribution in [0.25, 0.3) is 0 Å². The fourth-order valence-corrected chi connectivity index (χ4v) is 2.19. The molecule has 1 amide bonds. The molecular weight excluding hydrogens is 260 g/mol. The fourth-order valence-electron chi connectivity index (χ4n) is 1.61. The topological polar surface area (TPSA) is 66.9 Å². The molecule has 0 fully saturated rings. The quantitative estimate of drug-likeness (QED) is 0.881. The van der Waals surface area contributed by atoms with Crippen molar-refractivity contribution < 1.29 is 4.79 Å². The lowest BCUT2D eigenvalue weighted by Gasteiger charge is -2.10. The lowest BCUT2D eigenvalue weighted by molar-refractivity contribution is 0.102. The number of hydrogen-bond donors (Lipinski definition) is 2. The third-order valence-electron chi connectivity index (χ3n) is 2.48. The second kappa shape index (κ2) is 6.29. The maximum absolute atomic E-state index is 12.2. The van der Waals surface area contributed by atoms with Gasteiger partial charge < -0.3 is 5.32 Å². The summed E-state index contributed by atoms with van der Waals surface area (Å²) in [6.45, 7) is 4.77. The molecule has 0 spiro atoms. The Morgan fingerprint density at radius 3 is 2.79 bits per heavy atom. The Balaban J connectivity index is 2.14. The summed E-state index contributed by atoms with van der Waals surface area (Å²) in [7, 11) is 0. The highest BCUT2D eigenvalue weighted by molar-refractivity contribution is 7.15. The number of carbonyl (C=O) groups is 1. The minimum atomic E-state index is -0.171. The summed E-state index contributed by atoms with van der Waals surface area (Å²) < 4.78 is 0. The van der Waals surface area contributed by atoms with Crippen LogP contribution < -0.4 is 10.6 Å². The van der Waals surface area contributed by atoms with Crippen LogP contribution in [0.3, 0.4) is 0 Å². The SMILES string of the molecule is CCCNc1ccccc1C(=O)Nc1nnc(C)s1. The van der Waals surface area contributed by atoms with Gasteiger partial charge in [0, 0.05) is 12.2 Å². The van der Waals surface area contributed by atoms with E-state index >= 15 is 0 Å². The maximum Gasteiger partial charge on any atom is 0.259 e. The average molecular weight is 276 g/mol. The van der Waals surface area contributed by atoms with Gasteiger partial charge in [-0.2, -0.15) is 0 Å². The summed E-state index contributed by atoms with van der Waals surface area (Å²) in [4.78, 5) is 12.2. The first-order valence-corrected chi connectivity index (χ1v) is 6.96. The number of rotatable bonds is 5. The van der Waals surface area contributed by atoms with Gasteiger partial charge in [-0.05, 0) is 25.5 Å². The number of carbonyl (C=O) groups excluding carboxylic acids is 1. The zero-order chi connectivity index (χ0) is 13.7. The first kappa shape index (κ1) is 13.5. The molecule has 0 bridgehead atoms. The zero-order valence-corrected chi connectivity index (χ0v) is 11.8. The van der Waals surface area contributed by atoms with Crippen molar-refractivity contribution in [3.05, 3.63) is 34.8 Å². The Morgan fingerprint density at radius 2 is 2.11 bits per heavy atom. The Labute approximate surface area is 116 Å². The second-order valence-electron chi connectivity index (χ2n) is 4.05. The monoisotopic (exact) mass is 276 g/mol. The number of benzene rings is 1. The summed E-state index contributed by atoms with van der Waals surface area (Å²) in [5.74, 6) is -0.171. The molecule has 5 nitrogen and oxygen atoms in total. The van der Waals surface area contributed by atoms with Crippen molar-refractivity contribution >= 4 is 28.1 Å². The van der Waals surface area contributed by atoms with E-state index in [9.17, 15) is 4.79 Å². The molecule has 2 aromatic rings. The highest BCUT2D eigenvalue weighted by Gasteiger charge is 2.12. The lowest BCUT2D eigenvalue weighted by Crippen LogP contribution is -2.15. The number of nitrogens with one attached hydrogen (secondary N) is 2. The van der Waals surface area contributed by atoms with Crippen LogP contribution in [0.4, 0.5) is 10.8 Å². The number of nitrogens with zero attached hydrogens (tertiary/aromatic N) is 2. The normalized spacial score (nSPS) is 10.2. The predicted octanol–water partition coefficient (Wildman–Crippen LogP) is 2.92. The van der Waals surface area contributed by atoms with E-state index in [1.165, 1.54) is 11.3 Å². The van der Waals surface area contributed by atoms with Crippen molar-refractivity contribution in [3.8, 4) is 0 Å². The van der Waals surface area contributed by atoms with Gasteiger partial charge in [-0.1, -0.05) is 30.4 Å².